The first-order chi connectivity index (χ1) is 9.11. The second-order valence-electron chi connectivity index (χ2n) is 4.38. The first kappa shape index (κ1) is 13.4. The fraction of sp³-hybridized carbons (Fsp3) is 0.385. The van der Waals surface area contributed by atoms with Crippen LogP contribution < -0.4 is 15.5 Å². The Morgan fingerprint density at radius 1 is 1.53 bits per heavy atom. The second kappa shape index (κ2) is 5.71. The Balaban J connectivity index is 2.14. The molecule has 102 valence electrons. The lowest BCUT2D eigenvalue weighted by Crippen LogP contribution is -2.35. The van der Waals surface area contributed by atoms with Crippen LogP contribution in [0.25, 0.3) is 0 Å². The number of nitrogens with zero attached hydrogens (tertiary/aromatic N) is 1. The Kier molecular flexibility index (Phi) is 4.01. The fourth-order valence-electron chi connectivity index (χ4n) is 1.97. The number of hydrogen-bond acceptors (Lipinski definition) is 4. The number of nitrogens with one attached hydrogen (secondary N) is 2. The van der Waals surface area contributed by atoms with Crippen molar-refractivity contribution in [2.24, 2.45) is 0 Å². The largest absolute Gasteiger partial charge is 0.383 e. The van der Waals surface area contributed by atoms with Crippen LogP contribution in [0.5, 0.6) is 0 Å². The van der Waals surface area contributed by atoms with Gasteiger partial charge in [0, 0.05) is 26.3 Å². The number of carbonyl (C=O) groups excluding carboxylic acids is 2. The highest BCUT2D eigenvalue weighted by Gasteiger charge is 2.20. The third-order valence-electron chi connectivity index (χ3n) is 2.92. The third kappa shape index (κ3) is 3.03. The summed E-state index contributed by atoms with van der Waals surface area (Å²) < 4.78 is 4.87. The minimum Gasteiger partial charge on any atom is -0.383 e. The summed E-state index contributed by atoms with van der Waals surface area (Å²) in [5, 5.41) is 5.51. The summed E-state index contributed by atoms with van der Waals surface area (Å²) in [6.07, 6.45) is 0. The maximum absolute atomic E-state index is 11.9. The average molecular weight is 263 g/mol. The maximum Gasteiger partial charge on any atom is 0.251 e. The Bertz CT molecular complexity index is 502. The van der Waals surface area contributed by atoms with Gasteiger partial charge in [0.2, 0.25) is 5.91 Å². The van der Waals surface area contributed by atoms with Crippen LogP contribution in [-0.4, -0.2) is 45.7 Å². The van der Waals surface area contributed by atoms with E-state index < -0.39 is 0 Å². The van der Waals surface area contributed by atoms with Crippen LogP contribution >= 0.6 is 0 Å². The molecule has 1 aliphatic heterocycles. The third-order valence-corrected chi connectivity index (χ3v) is 2.92. The van der Waals surface area contributed by atoms with Crippen molar-refractivity contribution >= 4 is 23.2 Å². The molecule has 0 aliphatic carbocycles. The number of anilines is 2. The van der Waals surface area contributed by atoms with Crippen LogP contribution in [0, 0.1) is 0 Å². The molecule has 1 aromatic carbocycles. The molecule has 1 aromatic rings. The average Bonchev–Trinajstić information content (AvgIpc) is 2.38. The monoisotopic (exact) mass is 263 g/mol. The van der Waals surface area contributed by atoms with Gasteiger partial charge in [0.15, 0.2) is 0 Å². The standard InChI is InChI=1S/C13H17N3O3/c1-16-8-12(17)15-10-7-9(3-4-11(10)16)13(18)14-5-6-19-2/h3-4,7H,5-6,8H2,1-2H3,(H,14,18)(H,15,17). The van der Waals surface area contributed by atoms with E-state index in [1.165, 1.54) is 0 Å². The van der Waals surface area contributed by atoms with Crippen LogP contribution in [0.2, 0.25) is 0 Å². The van der Waals surface area contributed by atoms with Crippen molar-refractivity contribution in [2.75, 3.05) is 44.1 Å². The van der Waals surface area contributed by atoms with E-state index in [0.29, 0.717) is 30.9 Å². The summed E-state index contributed by atoms with van der Waals surface area (Å²) in [4.78, 5) is 25.2. The molecule has 2 N–H and O–H groups in total. The van der Waals surface area contributed by atoms with Crippen molar-refractivity contribution in [3.05, 3.63) is 23.8 Å². The van der Waals surface area contributed by atoms with E-state index in [9.17, 15) is 9.59 Å². The maximum atomic E-state index is 11.9. The van der Waals surface area contributed by atoms with Gasteiger partial charge in [0.25, 0.3) is 5.91 Å². The van der Waals surface area contributed by atoms with Gasteiger partial charge in [-0.2, -0.15) is 0 Å². The van der Waals surface area contributed by atoms with Crippen molar-refractivity contribution < 1.29 is 14.3 Å². The number of rotatable bonds is 4. The van der Waals surface area contributed by atoms with E-state index >= 15 is 0 Å². The molecule has 0 bridgehead atoms. The molecule has 0 aromatic heterocycles. The van der Waals surface area contributed by atoms with E-state index in [1.807, 2.05) is 18.0 Å². The molecule has 6 nitrogen and oxygen atoms in total. The van der Waals surface area contributed by atoms with E-state index in [0.717, 1.165) is 5.69 Å². The molecular weight excluding hydrogens is 246 g/mol. The molecule has 2 rings (SSSR count). The fourth-order valence-corrected chi connectivity index (χ4v) is 1.97. The summed E-state index contributed by atoms with van der Waals surface area (Å²) in [6, 6.07) is 5.26. The Morgan fingerprint density at radius 2 is 2.32 bits per heavy atom. The highest BCUT2D eigenvalue weighted by Crippen LogP contribution is 2.29. The zero-order chi connectivity index (χ0) is 13.8. The highest BCUT2D eigenvalue weighted by atomic mass is 16.5. The predicted molar refractivity (Wildman–Crippen MR) is 72.6 cm³/mol. The Hall–Kier alpha value is -2.08. The predicted octanol–water partition coefficient (Wildman–Crippen LogP) is 0.451. The van der Waals surface area contributed by atoms with Crippen LogP contribution in [0.1, 0.15) is 10.4 Å². The zero-order valence-electron chi connectivity index (χ0n) is 11.0. The molecule has 2 amide bonds. The number of benzene rings is 1. The van der Waals surface area contributed by atoms with Crippen LogP contribution in [0.3, 0.4) is 0 Å². The van der Waals surface area contributed by atoms with Crippen molar-refractivity contribution in [3.8, 4) is 0 Å². The molecule has 0 atom stereocenters. The summed E-state index contributed by atoms with van der Waals surface area (Å²) >= 11 is 0. The van der Waals surface area contributed by atoms with Crippen molar-refractivity contribution in [1.29, 1.82) is 0 Å². The number of methoxy groups -OCH3 is 1. The lowest BCUT2D eigenvalue weighted by atomic mass is 10.1. The minimum atomic E-state index is -0.178. The number of carbonyl (C=O) groups is 2. The SMILES string of the molecule is COCCNC(=O)c1ccc2c(c1)NC(=O)CN2C. The van der Waals surface area contributed by atoms with E-state index in [1.54, 1.807) is 19.2 Å². The lowest BCUT2D eigenvalue weighted by Gasteiger charge is -2.27. The van der Waals surface area contributed by atoms with E-state index in [2.05, 4.69) is 10.6 Å². The number of fused-ring (bicyclic) bond motifs is 1. The first-order valence-corrected chi connectivity index (χ1v) is 6.04. The molecule has 0 saturated heterocycles. The first-order valence-electron chi connectivity index (χ1n) is 6.04. The summed E-state index contributed by atoms with van der Waals surface area (Å²) in [7, 11) is 3.42. The molecule has 6 heteroatoms. The van der Waals surface area contributed by atoms with Crippen LogP contribution in [-0.2, 0) is 9.53 Å². The van der Waals surface area contributed by atoms with Crippen molar-refractivity contribution in [2.45, 2.75) is 0 Å². The Morgan fingerprint density at radius 3 is 3.05 bits per heavy atom. The number of hydrogen-bond donors (Lipinski definition) is 2. The molecule has 0 fully saturated rings. The summed E-state index contributed by atoms with van der Waals surface area (Å²) in [5.41, 5.74) is 2.09. The van der Waals surface area contributed by atoms with E-state index in [-0.39, 0.29) is 11.8 Å². The van der Waals surface area contributed by atoms with Crippen molar-refractivity contribution in [1.82, 2.24) is 5.32 Å². The normalized spacial score (nSPS) is 13.8. The van der Waals surface area contributed by atoms with Gasteiger partial charge in [-0.25, -0.2) is 0 Å². The van der Waals surface area contributed by atoms with Gasteiger partial charge in [-0.1, -0.05) is 0 Å². The topological polar surface area (TPSA) is 70.7 Å². The molecule has 1 aliphatic rings. The number of likely N-dealkylation sites (N-methyl/N-ethyl adjacent to an activating group) is 1. The van der Waals surface area contributed by atoms with Crippen LogP contribution in [0.15, 0.2) is 18.2 Å². The molecule has 0 unspecified atom stereocenters. The molecule has 0 saturated carbocycles. The molecule has 1 heterocycles. The van der Waals surface area contributed by atoms with Crippen LogP contribution in [0.4, 0.5) is 11.4 Å². The zero-order valence-corrected chi connectivity index (χ0v) is 11.0. The van der Waals surface area contributed by atoms with Gasteiger partial charge >= 0.3 is 0 Å². The molecule has 19 heavy (non-hydrogen) atoms. The van der Waals surface area contributed by atoms with Gasteiger partial charge in [0.1, 0.15) is 0 Å². The lowest BCUT2D eigenvalue weighted by molar-refractivity contribution is -0.115. The molecular formula is C13H17N3O3. The quantitative estimate of drug-likeness (QED) is 0.774. The smallest absolute Gasteiger partial charge is 0.251 e. The van der Waals surface area contributed by atoms with Gasteiger partial charge in [0.05, 0.1) is 24.5 Å². The Labute approximate surface area is 111 Å². The molecule has 0 radical (unpaired) electrons. The molecule has 0 spiro atoms. The van der Waals surface area contributed by atoms with Gasteiger partial charge in [-0.3, -0.25) is 9.59 Å². The minimum absolute atomic E-state index is 0.0769. The van der Waals surface area contributed by atoms with E-state index in [4.69, 9.17) is 4.74 Å². The number of ether oxygens (including phenoxy) is 1. The highest BCUT2D eigenvalue weighted by molar-refractivity contribution is 6.03. The summed E-state index contributed by atoms with van der Waals surface area (Å²) in [6.45, 7) is 1.25. The summed E-state index contributed by atoms with van der Waals surface area (Å²) in [5.74, 6) is -0.255. The number of amides is 2. The van der Waals surface area contributed by atoms with Crippen molar-refractivity contribution in [3.63, 3.8) is 0 Å². The van der Waals surface area contributed by atoms with Gasteiger partial charge in [-0.15, -0.1) is 0 Å². The second-order valence-corrected chi connectivity index (χ2v) is 4.38. The van der Waals surface area contributed by atoms with Gasteiger partial charge in [-0.05, 0) is 18.2 Å². The van der Waals surface area contributed by atoms with Gasteiger partial charge < -0.3 is 20.3 Å².